The highest BCUT2D eigenvalue weighted by molar-refractivity contribution is 5.70. The maximum absolute atomic E-state index is 10.9. The van der Waals surface area contributed by atoms with E-state index in [4.69, 9.17) is 5.11 Å². The van der Waals surface area contributed by atoms with E-state index in [9.17, 15) is 9.90 Å². The highest BCUT2D eigenvalue weighted by Crippen LogP contribution is 2.33. The van der Waals surface area contributed by atoms with Crippen LogP contribution in [0.4, 0.5) is 0 Å². The standard InChI is InChI=1S/C17H31NO3/c1-2-13-3-5-14(6-4-13)11-18-12-17(21)9-7-15(8-10-17)16(19)20/h13-15,18,21H,2-12H2,1H3,(H,19,20). The zero-order valence-corrected chi connectivity index (χ0v) is 13.3. The van der Waals surface area contributed by atoms with Gasteiger partial charge in [0.15, 0.2) is 0 Å². The average molecular weight is 297 g/mol. The predicted octanol–water partition coefficient (Wildman–Crippen LogP) is 2.80. The fraction of sp³-hybridized carbons (Fsp3) is 0.941. The molecule has 2 aliphatic carbocycles. The van der Waals surface area contributed by atoms with Crippen LogP contribution >= 0.6 is 0 Å². The van der Waals surface area contributed by atoms with Gasteiger partial charge in [0.1, 0.15) is 0 Å². The fourth-order valence-corrected chi connectivity index (χ4v) is 3.93. The van der Waals surface area contributed by atoms with Gasteiger partial charge in [-0.05, 0) is 56.9 Å². The van der Waals surface area contributed by atoms with E-state index in [1.54, 1.807) is 0 Å². The smallest absolute Gasteiger partial charge is 0.306 e. The van der Waals surface area contributed by atoms with Gasteiger partial charge in [-0.15, -0.1) is 0 Å². The normalized spacial score (nSPS) is 37.3. The Hall–Kier alpha value is -0.610. The first-order valence-corrected chi connectivity index (χ1v) is 8.68. The number of aliphatic carboxylic acids is 1. The molecule has 0 amide bonds. The first-order valence-electron chi connectivity index (χ1n) is 8.68. The van der Waals surface area contributed by atoms with E-state index in [0.717, 1.165) is 18.4 Å². The van der Waals surface area contributed by atoms with Crippen LogP contribution in [-0.2, 0) is 4.79 Å². The molecule has 0 aliphatic heterocycles. The van der Waals surface area contributed by atoms with Crippen molar-refractivity contribution in [2.75, 3.05) is 13.1 Å². The Kier molecular flexibility index (Phi) is 6.06. The van der Waals surface area contributed by atoms with E-state index < -0.39 is 11.6 Å². The van der Waals surface area contributed by atoms with E-state index in [0.29, 0.717) is 32.2 Å². The van der Waals surface area contributed by atoms with Crippen LogP contribution in [0.15, 0.2) is 0 Å². The molecule has 0 saturated heterocycles. The molecule has 0 spiro atoms. The van der Waals surface area contributed by atoms with Crippen LogP contribution in [0.25, 0.3) is 0 Å². The van der Waals surface area contributed by atoms with Crippen LogP contribution in [-0.4, -0.2) is 34.9 Å². The number of nitrogens with one attached hydrogen (secondary N) is 1. The van der Waals surface area contributed by atoms with Gasteiger partial charge in [0, 0.05) is 6.54 Å². The van der Waals surface area contributed by atoms with E-state index in [2.05, 4.69) is 12.2 Å². The molecule has 0 aromatic heterocycles. The third-order valence-corrected chi connectivity index (χ3v) is 5.70. The van der Waals surface area contributed by atoms with Crippen LogP contribution in [0.2, 0.25) is 0 Å². The lowest BCUT2D eigenvalue weighted by molar-refractivity contribution is -0.144. The van der Waals surface area contributed by atoms with Gasteiger partial charge in [-0.3, -0.25) is 4.79 Å². The molecule has 2 aliphatic rings. The molecule has 2 rings (SSSR count). The summed E-state index contributed by atoms with van der Waals surface area (Å²) in [6.07, 6.45) is 9.07. The first-order chi connectivity index (χ1) is 10.0. The summed E-state index contributed by atoms with van der Waals surface area (Å²) in [6.45, 7) is 3.90. The summed E-state index contributed by atoms with van der Waals surface area (Å²) < 4.78 is 0. The van der Waals surface area contributed by atoms with Crippen molar-refractivity contribution in [3.8, 4) is 0 Å². The molecule has 2 fully saturated rings. The van der Waals surface area contributed by atoms with Gasteiger partial charge in [-0.25, -0.2) is 0 Å². The van der Waals surface area contributed by atoms with Gasteiger partial charge in [-0.2, -0.15) is 0 Å². The van der Waals surface area contributed by atoms with Crippen molar-refractivity contribution in [3.05, 3.63) is 0 Å². The number of hydrogen-bond acceptors (Lipinski definition) is 3. The second-order valence-electron chi connectivity index (χ2n) is 7.26. The monoisotopic (exact) mass is 297 g/mol. The highest BCUT2D eigenvalue weighted by Gasteiger charge is 2.35. The molecule has 0 atom stereocenters. The third kappa shape index (κ3) is 4.96. The second-order valence-corrected chi connectivity index (χ2v) is 7.26. The lowest BCUT2D eigenvalue weighted by Crippen LogP contribution is -2.45. The Morgan fingerprint density at radius 1 is 1.10 bits per heavy atom. The summed E-state index contributed by atoms with van der Waals surface area (Å²) in [6, 6.07) is 0. The summed E-state index contributed by atoms with van der Waals surface area (Å²) in [5.41, 5.74) is -0.688. The van der Waals surface area contributed by atoms with Crippen molar-refractivity contribution in [1.29, 1.82) is 0 Å². The van der Waals surface area contributed by atoms with Gasteiger partial charge in [0.2, 0.25) is 0 Å². The van der Waals surface area contributed by atoms with Gasteiger partial charge < -0.3 is 15.5 Å². The minimum Gasteiger partial charge on any atom is -0.481 e. The molecule has 4 nitrogen and oxygen atoms in total. The number of hydrogen-bond donors (Lipinski definition) is 3. The van der Waals surface area contributed by atoms with Gasteiger partial charge in [0.05, 0.1) is 11.5 Å². The van der Waals surface area contributed by atoms with Crippen LogP contribution in [0.5, 0.6) is 0 Å². The molecule has 3 N–H and O–H groups in total. The van der Waals surface area contributed by atoms with Gasteiger partial charge in [-0.1, -0.05) is 26.2 Å². The average Bonchev–Trinajstić information content (AvgIpc) is 2.48. The van der Waals surface area contributed by atoms with Crippen LogP contribution in [0, 0.1) is 17.8 Å². The highest BCUT2D eigenvalue weighted by atomic mass is 16.4. The molecule has 0 unspecified atom stereocenters. The number of aliphatic hydroxyl groups is 1. The molecule has 21 heavy (non-hydrogen) atoms. The van der Waals surface area contributed by atoms with Crippen molar-refractivity contribution in [2.24, 2.45) is 17.8 Å². The SMILES string of the molecule is CCC1CCC(CNCC2(O)CCC(C(=O)O)CC2)CC1. The number of carbonyl (C=O) groups is 1. The van der Waals surface area contributed by atoms with E-state index in [1.807, 2.05) is 0 Å². The largest absolute Gasteiger partial charge is 0.481 e. The molecular weight excluding hydrogens is 266 g/mol. The molecule has 0 aromatic carbocycles. The summed E-state index contributed by atoms with van der Waals surface area (Å²) in [7, 11) is 0. The zero-order valence-electron chi connectivity index (χ0n) is 13.3. The zero-order chi connectivity index (χ0) is 15.3. The predicted molar refractivity (Wildman–Crippen MR) is 83.2 cm³/mol. The number of carboxylic acids is 1. The third-order valence-electron chi connectivity index (χ3n) is 5.70. The van der Waals surface area contributed by atoms with Crippen molar-refractivity contribution in [3.63, 3.8) is 0 Å². The molecule has 0 aromatic rings. The van der Waals surface area contributed by atoms with Crippen molar-refractivity contribution >= 4 is 5.97 Å². The van der Waals surface area contributed by atoms with E-state index >= 15 is 0 Å². The Bertz CT molecular complexity index is 329. The van der Waals surface area contributed by atoms with Gasteiger partial charge in [0.25, 0.3) is 0 Å². The van der Waals surface area contributed by atoms with E-state index in [1.165, 1.54) is 32.1 Å². The maximum atomic E-state index is 10.9. The lowest BCUT2D eigenvalue weighted by atomic mass is 9.78. The Labute approximate surface area is 128 Å². The van der Waals surface area contributed by atoms with Crippen molar-refractivity contribution in [1.82, 2.24) is 5.32 Å². The van der Waals surface area contributed by atoms with Crippen LogP contribution in [0.1, 0.15) is 64.7 Å². The lowest BCUT2D eigenvalue weighted by Gasteiger charge is -2.35. The number of rotatable bonds is 6. The minimum absolute atomic E-state index is 0.255. The van der Waals surface area contributed by atoms with Gasteiger partial charge >= 0.3 is 5.97 Å². The molecule has 0 bridgehead atoms. The minimum atomic E-state index is -0.710. The van der Waals surface area contributed by atoms with Crippen molar-refractivity contribution < 1.29 is 15.0 Å². The quantitative estimate of drug-likeness (QED) is 0.705. The summed E-state index contributed by atoms with van der Waals surface area (Å²) in [4.78, 5) is 10.9. The summed E-state index contributed by atoms with van der Waals surface area (Å²) in [5, 5.41) is 23.0. The Morgan fingerprint density at radius 3 is 2.19 bits per heavy atom. The topological polar surface area (TPSA) is 69.6 Å². The Balaban J connectivity index is 1.63. The fourth-order valence-electron chi connectivity index (χ4n) is 3.93. The number of carboxylic acid groups (broad SMARTS) is 1. The second kappa shape index (κ2) is 7.59. The maximum Gasteiger partial charge on any atom is 0.306 e. The molecule has 122 valence electrons. The van der Waals surface area contributed by atoms with Crippen LogP contribution in [0.3, 0.4) is 0 Å². The molecule has 4 heteroatoms. The molecule has 0 radical (unpaired) electrons. The molecule has 2 saturated carbocycles. The first kappa shape index (κ1) is 16.8. The van der Waals surface area contributed by atoms with Crippen LogP contribution < -0.4 is 5.32 Å². The summed E-state index contributed by atoms with van der Waals surface area (Å²) in [5.74, 6) is 0.718. The molecule has 0 heterocycles. The summed E-state index contributed by atoms with van der Waals surface area (Å²) >= 11 is 0. The Morgan fingerprint density at radius 2 is 1.67 bits per heavy atom. The van der Waals surface area contributed by atoms with Crippen molar-refractivity contribution in [2.45, 2.75) is 70.3 Å². The molecular formula is C17H31NO3. The van der Waals surface area contributed by atoms with E-state index in [-0.39, 0.29) is 5.92 Å².